The number of hydrogen-bond acceptors (Lipinski definition) is 3. The third-order valence-corrected chi connectivity index (χ3v) is 3.05. The van der Waals surface area contributed by atoms with Crippen LogP contribution >= 0.6 is 0 Å². The SMILES string of the molecule is CCC(C)N(CC)c1cc([C@H](C)N)ccn1. The summed E-state index contributed by atoms with van der Waals surface area (Å²) in [6.45, 7) is 9.56. The van der Waals surface area contributed by atoms with Crippen molar-refractivity contribution < 1.29 is 0 Å². The van der Waals surface area contributed by atoms with Crippen molar-refractivity contribution >= 4 is 5.82 Å². The van der Waals surface area contributed by atoms with Gasteiger partial charge < -0.3 is 10.6 Å². The van der Waals surface area contributed by atoms with E-state index in [0.29, 0.717) is 6.04 Å². The summed E-state index contributed by atoms with van der Waals surface area (Å²) in [5, 5.41) is 0. The van der Waals surface area contributed by atoms with Gasteiger partial charge in [-0.05, 0) is 44.9 Å². The van der Waals surface area contributed by atoms with Gasteiger partial charge in [-0.25, -0.2) is 4.98 Å². The van der Waals surface area contributed by atoms with Gasteiger partial charge in [-0.15, -0.1) is 0 Å². The summed E-state index contributed by atoms with van der Waals surface area (Å²) in [6, 6.07) is 4.66. The summed E-state index contributed by atoms with van der Waals surface area (Å²) in [6.07, 6.45) is 2.97. The van der Waals surface area contributed by atoms with Crippen LogP contribution in [0.4, 0.5) is 5.82 Å². The minimum absolute atomic E-state index is 0.0670. The second kappa shape index (κ2) is 5.85. The second-order valence-electron chi connectivity index (χ2n) is 4.28. The smallest absolute Gasteiger partial charge is 0.129 e. The highest BCUT2D eigenvalue weighted by Crippen LogP contribution is 2.19. The maximum Gasteiger partial charge on any atom is 0.129 e. The molecule has 0 bridgehead atoms. The van der Waals surface area contributed by atoms with Crippen LogP contribution in [0.1, 0.15) is 45.7 Å². The van der Waals surface area contributed by atoms with E-state index >= 15 is 0 Å². The highest BCUT2D eigenvalue weighted by atomic mass is 15.2. The van der Waals surface area contributed by atoms with Crippen LogP contribution in [0, 0.1) is 0 Å². The normalized spacial score (nSPS) is 14.6. The van der Waals surface area contributed by atoms with Crippen LogP contribution in [-0.4, -0.2) is 17.6 Å². The van der Waals surface area contributed by atoms with E-state index in [2.05, 4.69) is 36.7 Å². The second-order valence-corrected chi connectivity index (χ2v) is 4.28. The Balaban J connectivity index is 2.96. The number of nitrogens with two attached hydrogens (primary N) is 1. The molecule has 0 amide bonds. The Hall–Kier alpha value is -1.09. The lowest BCUT2D eigenvalue weighted by Gasteiger charge is -2.28. The van der Waals surface area contributed by atoms with Crippen molar-refractivity contribution in [3.05, 3.63) is 23.9 Å². The summed E-state index contributed by atoms with van der Waals surface area (Å²) in [7, 11) is 0. The average molecular weight is 221 g/mol. The van der Waals surface area contributed by atoms with Crippen LogP contribution in [0.2, 0.25) is 0 Å². The zero-order valence-electron chi connectivity index (χ0n) is 10.8. The molecule has 0 spiro atoms. The molecule has 2 N–H and O–H groups in total. The molecule has 3 heteroatoms. The third kappa shape index (κ3) is 2.95. The van der Waals surface area contributed by atoms with E-state index in [1.54, 1.807) is 0 Å². The van der Waals surface area contributed by atoms with Crippen LogP contribution < -0.4 is 10.6 Å². The molecule has 1 aromatic heterocycles. The molecule has 90 valence electrons. The van der Waals surface area contributed by atoms with Gasteiger partial charge in [-0.1, -0.05) is 6.92 Å². The Morgan fingerprint density at radius 1 is 1.38 bits per heavy atom. The van der Waals surface area contributed by atoms with Crippen LogP contribution in [0.15, 0.2) is 18.3 Å². The summed E-state index contributed by atoms with van der Waals surface area (Å²) < 4.78 is 0. The van der Waals surface area contributed by atoms with Gasteiger partial charge in [0.05, 0.1) is 0 Å². The van der Waals surface area contributed by atoms with Gasteiger partial charge in [-0.2, -0.15) is 0 Å². The monoisotopic (exact) mass is 221 g/mol. The molecule has 0 saturated carbocycles. The van der Waals surface area contributed by atoms with Crippen molar-refractivity contribution in [2.45, 2.75) is 46.2 Å². The van der Waals surface area contributed by atoms with E-state index in [4.69, 9.17) is 5.73 Å². The minimum atomic E-state index is 0.0670. The van der Waals surface area contributed by atoms with Gasteiger partial charge in [0.25, 0.3) is 0 Å². The fourth-order valence-electron chi connectivity index (χ4n) is 1.79. The largest absolute Gasteiger partial charge is 0.354 e. The highest BCUT2D eigenvalue weighted by molar-refractivity contribution is 5.42. The van der Waals surface area contributed by atoms with Crippen molar-refractivity contribution in [1.82, 2.24) is 4.98 Å². The first-order chi connectivity index (χ1) is 7.60. The van der Waals surface area contributed by atoms with Crippen LogP contribution in [0.3, 0.4) is 0 Å². The van der Waals surface area contributed by atoms with Crippen molar-refractivity contribution in [3.63, 3.8) is 0 Å². The first-order valence-electron chi connectivity index (χ1n) is 6.08. The molecule has 1 heterocycles. The van der Waals surface area contributed by atoms with Gasteiger partial charge in [0.2, 0.25) is 0 Å². The van der Waals surface area contributed by atoms with Gasteiger partial charge in [0, 0.05) is 24.8 Å². The molecule has 0 radical (unpaired) electrons. The van der Waals surface area contributed by atoms with E-state index < -0.39 is 0 Å². The fraction of sp³-hybridized carbons (Fsp3) is 0.615. The number of nitrogens with zero attached hydrogens (tertiary/aromatic N) is 2. The molecule has 0 aromatic carbocycles. The fourth-order valence-corrected chi connectivity index (χ4v) is 1.79. The van der Waals surface area contributed by atoms with Gasteiger partial charge in [0.15, 0.2) is 0 Å². The van der Waals surface area contributed by atoms with Crippen molar-refractivity contribution in [3.8, 4) is 0 Å². The molecular formula is C13H23N3. The number of anilines is 1. The lowest BCUT2D eigenvalue weighted by Crippen LogP contribution is -2.33. The Labute approximate surface area is 98.7 Å². The van der Waals surface area contributed by atoms with Crippen LogP contribution in [0.25, 0.3) is 0 Å². The Kier molecular flexibility index (Phi) is 4.74. The van der Waals surface area contributed by atoms with Crippen molar-refractivity contribution in [2.24, 2.45) is 5.73 Å². The zero-order chi connectivity index (χ0) is 12.1. The zero-order valence-corrected chi connectivity index (χ0v) is 10.8. The van der Waals surface area contributed by atoms with Crippen molar-refractivity contribution in [1.29, 1.82) is 0 Å². The van der Waals surface area contributed by atoms with Crippen molar-refractivity contribution in [2.75, 3.05) is 11.4 Å². The molecular weight excluding hydrogens is 198 g/mol. The highest BCUT2D eigenvalue weighted by Gasteiger charge is 2.13. The number of aromatic nitrogens is 1. The molecule has 2 atom stereocenters. The van der Waals surface area contributed by atoms with E-state index in [0.717, 1.165) is 24.3 Å². The van der Waals surface area contributed by atoms with Crippen LogP contribution in [0.5, 0.6) is 0 Å². The molecule has 1 aromatic rings. The predicted molar refractivity (Wildman–Crippen MR) is 69.6 cm³/mol. The Morgan fingerprint density at radius 3 is 2.56 bits per heavy atom. The molecule has 0 saturated heterocycles. The maximum atomic E-state index is 5.89. The van der Waals surface area contributed by atoms with Gasteiger partial charge >= 0.3 is 0 Å². The molecule has 1 unspecified atom stereocenters. The quantitative estimate of drug-likeness (QED) is 0.831. The standard InChI is InChI=1S/C13H23N3/c1-5-10(3)16(6-2)13-9-12(11(4)14)7-8-15-13/h7-11H,5-6,14H2,1-4H3/t10?,11-/m0/s1. The lowest BCUT2D eigenvalue weighted by molar-refractivity contribution is 0.622. The summed E-state index contributed by atoms with van der Waals surface area (Å²) >= 11 is 0. The minimum Gasteiger partial charge on any atom is -0.354 e. The summed E-state index contributed by atoms with van der Waals surface area (Å²) in [5.74, 6) is 1.03. The van der Waals surface area contributed by atoms with Gasteiger partial charge in [-0.3, -0.25) is 0 Å². The molecule has 0 aliphatic heterocycles. The summed E-state index contributed by atoms with van der Waals surface area (Å²) in [4.78, 5) is 6.74. The molecule has 16 heavy (non-hydrogen) atoms. The molecule has 0 aliphatic carbocycles. The van der Waals surface area contributed by atoms with E-state index in [1.165, 1.54) is 0 Å². The molecule has 1 rings (SSSR count). The Bertz CT molecular complexity index is 323. The average Bonchev–Trinajstić information content (AvgIpc) is 2.30. The molecule has 3 nitrogen and oxygen atoms in total. The molecule has 0 fully saturated rings. The maximum absolute atomic E-state index is 5.89. The van der Waals surface area contributed by atoms with E-state index in [1.807, 2.05) is 19.2 Å². The van der Waals surface area contributed by atoms with E-state index in [-0.39, 0.29) is 6.04 Å². The number of pyridine rings is 1. The topological polar surface area (TPSA) is 42.1 Å². The lowest BCUT2D eigenvalue weighted by atomic mass is 10.1. The van der Waals surface area contributed by atoms with Crippen LogP contribution in [-0.2, 0) is 0 Å². The molecule has 0 aliphatic rings. The predicted octanol–water partition coefficient (Wildman–Crippen LogP) is 2.73. The first kappa shape index (κ1) is 13.0. The van der Waals surface area contributed by atoms with Gasteiger partial charge in [0.1, 0.15) is 5.82 Å². The third-order valence-electron chi connectivity index (χ3n) is 3.05. The number of hydrogen-bond donors (Lipinski definition) is 1. The first-order valence-corrected chi connectivity index (χ1v) is 6.08. The Morgan fingerprint density at radius 2 is 2.06 bits per heavy atom. The summed E-state index contributed by atoms with van der Waals surface area (Å²) in [5.41, 5.74) is 7.03. The number of rotatable bonds is 5. The van der Waals surface area contributed by atoms with E-state index in [9.17, 15) is 0 Å².